The van der Waals surface area contributed by atoms with Gasteiger partial charge in [-0.2, -0.15) is 0 Å². The predicted octanol–water partition coefficient (Wildman–Crippen LogP) is 0.995. The highest BCUT2D eigenvalue weighted by molar-refractivity contribution is 5.81. The number of amides is 1. The minimum atomic E-state index is -0.908. The van der Waals surface area contributed by atoms with E-state index in [9.17, 15) is 14.7 Å². The van der Waals surface area contributed by atoms with Crippen molar-refractivity contribution in [1.29, 1.82) is 0 Å². The fourth-order valence-electron chi connectivity index (χ4n) is 2.65. The molecule has 1 amide bonds. The Hall–Kier alpha value is -1.14. The predicted molar refractivity (Wildman–Crippen MR) is 79.7 cm³/mol. The van der Waals surface area contributed by atoms with Gasteiger partial charge in [0.05, 0.1) is 11.3 Å². The summed E-state index contributed by atoms with van der Waals surface area (Å²) in [4.78, 5) is 23.8. The van der Waals surface area contributed by atoms with Gasteiger partial charge in [0.15, 0.2) is 0 Å². The topological polar surface area (TPSA) is 102 Å². The van der Waals surface area contributed by atoms with E-state index in [0.29, 0.717) is 32.5 Å². The number of carbonyl (C=O) groups is 2. The van der Waals surface area contributed by atoms with Crippen LogP contribution in [0.5, 0.6) is 0 Å². The molecule has 0 aromatic heterocycles. The van der Waals surface area contributed by atoms with Crippen LogP contribution in [0.3, 0.4) is 0 Å². The molecule has 0 saturated carbocycles. The molecule has 1 unspecified atom stereocenters. The second-order valence-electron chi connectivity index (χ2n) is 7.11. The number of carboxylic acids is 1. The van der Waals surface area contributed by atoms with Gasteiger partial charge < -0.3 is 20.9 Å². The number of ether oxygens (including phenoxy) is 1. The molecule has 1 rings (SSSR count). The lowest BCUT2D eigenvalue weighted by molar-refractivity contribution is -0.154. The van der Waals surface area contributed by atoms with E-state index in [1.807, 2.05) is 0 Å². The fraction of sp³-hybridized carbons (Fsp3) is 0.867. The van der Waals surface area contributed by atoms with E-state index in [4.69, 9.17) is 10.5 Å². The van der Waals surface area contributed by atoms with Gasteiger partial charge in [0, 0.05) is 26.3 Å². The van der Waals surface area contributed by atoms with E-state index in [-0.39, 0.29) is 30.3 Å². The molecule has 0 aromatic carbocycles. The van der Waals surface area contributed by atoms with Crippen LogP contribution < -0.4 is 11.1 Å². The first kappa shape index (κ1) is 17.9. The van der Waals surface area contributed by atoms with E-state index in [0.717, 1.165) is 0 Å². The minimum Gasteiger partial charge on any atom is -0.481 e. The van der Waals surface area contributed by atoms with Gasteiger partial charge in [-0.15, -0.1) is 0 Å². The van der Waals surface area contributed by atoms with Crippen LogP contribution in [-0.4, -0.2) is 43.3 Å². The number of nitrogens with two attached hydrogens (primary N) is 1. The Bertz CT molecular complexity index is 370. The molecule has 122 valence electrons. The van der Waals surface area contributed by atoms with Gasteiger partial charge in [-0.3, -0.25) is 9.59 Å². The molecule has 1 fully saturated rings. The maximum Gasteiger partial charge on any atom is 0.311 e. The Balaban J connectivity index is 2.62. The zero-order valence-corrected chi connectivity index (χ0v) is 13.3. The molecule has 6 nitrogen and oxygen atoms in total. The molecule has 4 N–H and O–H groups in total. The van der Waals surface area contributed by atoms with E-state index >= 15 is 0 Å². The summed E-state index contributed by atoms with van der Waals surface area (Å²) in [5.41, 5.74) is 4.78. The number of nitrogens with one attached hydrogen (secondary N) is 1. The smallest absolute Gasteiger partial charge is 0.311 e. The Morgan fingerprint density at radius 1 is 1.33 bits per heavy atom. The first-order chi connectivity index (χ1) is 9.70. The molecule has 1 aliphatic heterocycles. The number of hydrogen-bond donors (Lipinski definition) is 3. The molecule has 21 heavy (non-hydrogen) atoms. The molecule has 1 saturated heterocycles. The highest BCUT2D eigenvalue weighted by Crippen LogP contribution is 2.30. The maximum atomic E-state index is 12.2. The molecule has 0 spiro atoms. The third-order valence-corrected chi connectivity index (χ3v) is 4.02. The molecule has 6 heteroatoms. The van der Waals surface area contributed by atoms with Crippen LogP contribution in [-0.2, 0) is 14.3 Å². The van der Waals surface area contributed by atoms with Crippen LogP contribution in [0.1, 0.15) is 40.0 Å². The van der Waals surface area contributed by atoms with E-state index in [1.54, 1.807) is 0 Å². The Morgan fingerprint density at radius 2 is 1.90 bits per heavy atom. The molecule has 0 radical (unpaired) electrons. The number of carbonyl (C=O) groups excluding carboxylic acids is 1. The van der Waals surface area contributed by atoms with Crippen LogP contribution in [0.25, 0.3) is 0 Å². The van der Waals surface area contributed by atoms with Crippen LogP contribution in [0.15, 0.2) is 0 Å². The number of carboxylic acid groups (broad SMARTS) is 1. The SMILES string of the molecule is CC(C)(C)CC(CN)C(=O)NCC1(C(=O)O)CCOCC1. The van der Waals surface area contributed by atoms with Crippen LogP contribution >= 0.6 is 0 Å². The second kappa shape index (κ2) is 7.22. The van der Waals surface area contributed by atoms with Gasteiger partial charge in [-0.25, -0.2) is 0 Å². The molecule has 1 atom stereocenters. The quantitative estimate of drug-likeness (QED) is 0.679. The fourth-order valence-corrected chi connectivity index (χ4v) is 2.65. The highest BCUT2D eigenvalue weighted by atomic mass is 16.5. The Labute approximate surface area is 126 Å². The lowest BCUT2D eigenvalue weighted by Gasteiger charge is -2.34. The van der Waals surface area contributed by atoms with Crippen LogP contribution in [0.2, 0.25) is 0 Å². The van der Waals surface area contributed by atoms with Gasteiger partial charge in [0.2, 0.25) is 5.91 Å². The lowest BCUT2D eigenvalue weighted by Crippen LogP contribution is -2.48. The first-order valence-electron chi connectivity index (χ1n) is 7.49. The number of hydrogen-bond acceptors (Lipinski definition) is 4. The molecule has 0 aromatic rings. The molecule has 1 heterocycles. The van der Waals surface area contributed by atoms with Crippen molar-refractivity contribution in [3.63, 3.8) is 0 Å². The largest absolute Gasteiger partial charge is 0.481 e. The average Bonchev–Trinajstić information content (AvgIpc) is 2.42. The number of aliphatic carboxylic acids is 1. The normalized spacial score (nSPS) is 19.8. The van der Waals surface area contributed by atoms with Gasteiger partial charge in [-0.05, 0) is 24.7 Å². The third-order valence-electron chi connectivity index (χ3n) is 4.02. The summed E-state index contributed by atoms with van der Waals surface area (Å²) < 4.78 is 5.22. The van der Waals surface area contributed by atoms with Gasteiger partial charge >= 0.3 is 5.97 Å². The molecule has 0 aliphatic carbocycles. The average molecular weight is 300 g/mol. The van der Waals surface area contributed by atoms with Crippen LogP contribution in [0.4, 0.5) is 0 Å². The minimum absolute atomic E-state index is 0.00450. The van der Waals surface area contributed by atoms with Crippen molar-refractivity contribution in [3.05, 3.63) is 0 Å². The summed E-state index contributed by atoms with van der Waals surface area (Å²) in [5, 5.41) is 12.2. The van der Waals surface area contributed by atoms with Gasteiger partial charge in [0.25, 0.3) is 0 Å². The summed E-state index contributed by atoms with van der Waals surface area (Å²) in [6.45, 7) is 7.42. The standard InChI is InChI=1S/C15H28N2O4/c1-14(2,3)8-11(9-16)12(18)17-10-15(13(19)20)4-6-21-7-5-15/h11H,4-10,16H2,1-3H3,(H,17,18)(H,19,20). The van der Waals surface area contributed by atoms with Crippen LogP contribution in [0, 0.1) is 16.7 Å². The van der Waals surface area contributed by atoms with Crippen molar-refractivity contribution in [1.82, 2.24) is 5.32 Å². The maximum absolute atomic E-state index is 12.2. The first-order valence-corrected chi connectivity index (χ1v) is 7.49. The van der Waals surface area contributed by atoms with E-state index in [1.165, 1.54) is 0 Å². The Kier molecular flexibility index (Phi) is 6.16. The second-order valence-corrected chi connectivity index (χ2v) is 7.11. The number of rotatable bonds is 6. The molecular formula is C15H28N2O4. The van der Waals surface area contributed by atoms with Crippen molar-refractivity contribution in [2.75, 3.05) is 26.3 Å². The molecule has 1 aliphatic rings. The van der Waals surface area contributed by atoms with E-state index < -0.39 is 11.4 Å². The summed E-state index contributed by atoms with van der Waals surface area (Å²) in [5.74, 6) is -1.30. The summed E-state index contributed by atoms with van der Waals surface area (Å²) in [7, 11) is 0. The van der Waals surface area contributed by atoms with Gasteiger partial charge in [-0.1, -0.05) is 20.8 Å². The van der Waals surface area contributed by atoms with Crippen molar-refractivity contribution >= 4 is 11.9 Å². The Morgan fingerprint density at radius 3 is 2.33 bits per heavy atom. The van der Waals surface area contributed by atoms with Gasteiger partial charge in [0.1, 0.15) is 0 Å². The summed E-state index contributed by atoms with van der Waals surface area (Å²) >= 11 is 0. The summed E-state index contributed by atoms with van der Waals surface area (Å²) in [6, 6.07) is 0. The highest BCUT2D eigenvalue weighted by Gasteiger charge is 2.40. The summed E-state index contributed by atoms with van der Waals surface area (Å²) in [6.07, 6.45) is 1.53. The van der Waals surface area contributed by atoms with Crippen molar-refractivity contribution < 1.29 is 19.4 Å². The van der Waals surface area contributed by atoms with Crippen molar-refractivity contribution in [2.45, 2.75) is 40.0 Å². The molecule has 0 bridgehead atoms. The van der Waals surface area contributed by atoms with Crippen molar-refractivity contribution in [2.24, 2.45) is 22.5 Å². The van der Waals surface area contributed by atoms with Crippen molar-refractivity contribution in [3.8, 4) is 0 Å². The zero-order chi connectivity index (χ0) is 16.1. The molecular weight excluding hydrogens is 272 g/mol. The third kappa shape index (κ3) is 5.28. The lowest BCUT2D eigenvalue weighted by atomic mass is 9.79. The van der Waals surface area contributed by atoms with E-state index in [2.05, 4.69) is 26.1 Å². The zero-order valence-electron chi connectivity index (χ0n) is 13.3. The monoisotopic (exact) mass is 300 g/mol.